The predicted molar refractivity (Wildman–Crippen MR) is 76.4 cm³/mol. The summed E-state index contributed by atoms with van der Waals surface area (Å²) in [5.74, 6) is 0. The van der Waals surface area contributed by atoms with Crippen LogP contribution in [0.1, 0.15) is 39.0 Å². The predicted octanol–water partition coefficient (Wildman–Crippen LogP) is 4.31. The van der Waals surface area contributed by atoms with Crippen LogP contribution < -0.4 is 0 Å². The van der Waals surface area contributed by atoms with Gasteiger partial charge in [0.15, 0.2) is 0 Å². The molecule has 0 radical (unpaired) electrons. The monoisotopic (exact) mass is 240 g/mol. The maximum absolute atomic E-state index is 9.66. The Morgan fingerprint density at radius 2 is 1.94 bits per heavy atom. The van der Waals surface area contributed by atoms with E-state index in [0.29, 0.717) is 0 Å². The van der Waals surface area contributed by atoms with Crippen molar-refractivity contribution in [1.29, 1.82) is 0 Å². The lowest BCUT2D eigenvalue weighted by atomic mass is 10.1. The van der Waals surface area contributed by atoms with Gasteiger partial charge in [-0.15, -0.1) is 6.58 Å². The second-order valence-corrected chi connectivity index (χ2v) is 10.6. The highest BCUT2D eigenvalue weighted by Gasteiger charge is 2.20. The number of unbranched alkanes of at least 4 members (excludes halogenated alkanes) is 3. The van der Waals surface area contributed by atoms with Crippen molar-refractivity contribution >= 4 is 8.07 Å². The van der Waals surface area contributed by atoms with Gasteiger partial charge in [0, 0.05) is 0 Å². The number of rotatable bonds is 8. The van der Waals surface area contributed by atoms with Crippen LogP contribution in [0.15, 0.2) is 23.9 Å². The average molecular weight is 240 g/mol. The van der Waals surface area contributed by atoms with E-state index in [1.165, 1.54) is 24.5 Å². The van der Waals surface area contributed by atoms with Gasteiger partial charge in [0.05, 0.1) is 14.2 Å². The van der Waals surface area contributed by atoms with Crippen LogP contribution in [0.3, 0.4) is 0 Å². The second-order valence-electron chi connectivity index (χ2n) is 5.48. The van der Waals surface area contributed by atoms with Gasteiger partial charge in [-0.2, -0.15) is 0 Å². The van der Waals surface area contributed by atoms with Gasteiger partial charge >= 0.3 is 0 Å². The van der Waals surface area contributed by atoms with E-state index >= 15 is 0 Å². The zero-order chi connectivity index (χ0) is 12.6. The lowest BCUT2D eigenvalue weighted by Crippen LogP contribution is -2.26. The Hall–Kier alpha value is -0.343. The summed E-state index contributed by atoms with van der Waals surface area (Å²) in [5, 5.41) is 11.1. The minimum absolute atomic E-state index is 0.371. The Bertz CT molecular complexity index is 225. The van der Waals surface area contributed by atoms with E-state index in [2.05, 4.69) is 39.2 Å². The highest BCUT2D eigenvalue weighted by molar-refractivity contribution is 6.83. The first-order chi connectivity index (χ1) is 7.41. The normalized spacial score (nSPS) is 14.9. The van der Waals surface area contributed by atoms with Gasteiger partial charge in [0.1, 0.15) is 0 Å². The maximum atomic E-state index is 9.66. The molecule has 0 aliphatic rings. The van der Waals surface area contributed by atoms with Gasteiger partial charge in [0.2, 0.25) is 0 Å². The maximum Gasteiger partial charge on any atom is 0.0751 e. The summed E-state index contributed by atoms with van der Waals surface area (Å²) in [7, 11) is -1.27. The summed E-state index contributed by atoms with van der Waals surface area (Å²) in [6.07, 6.45) is 9.43. The Kier molecular flexibility index (Phi) is 7.69. The van der Waals surface area contributed by atoms with Crippen molar-refractivity contribution in [3.63, 3.8) is 0 Å². The second kappa shape index (κ2) is 7.85. The molecule has 1 unspecified atom stereocenters. The summed E-state index contributed by atoms with van der Waals surface area (Å²) in [4.78, 5) is 0. The van der Waals surface area contributed by atoms with Gasteiger partial charge < -0.3 is 5.11 Å². The number of hydrogen-bond donors (Lipinski definition) is 1. The number of allylic oxidation sites excluding steroid dienone is 1. The van der Waals surface area contributed by atoms with E-state index in [9.17, 15) is 5.11 Å². The van der Waals surface area contributed by atoms with Crippen molar-refractivity contribution < 1.29 is 5.11 Å². The van der Waals surface area contributed by atoms with Crippen LogP contribution in [0, 0.1) is 0 Å². The molecule has 0 heterocycles. The average Bonchev–Trinajstić information content (AvgIpc) is 2.20. The minimum Gasteiger partial charge on any atom is -0.389 e. The Morgan fingerprint density at radius 1 is 1.31 bits per heavy atom. The smallest absolute Gasteiger partial charge is 0.0751 e. The van der Waals surface area contributed by atoms with Crippen molar-refractivity contribution in [1.82, 2.24) is 0 Å². The first kappa shape index (κ1) is 15.7. The number of aliphatic hydroxyl groups excluding tert-OH is 1. The molecule has 0 aromatic heterocycles. The Labute approximate surface area is 102 Å². The summed E-state index contributed by atoms with van der Waals surface area (Å²) in [6, 6.07) is 0. The molecule has 2 heteroatoms. The third-order valence-electron chi connectivity index (χ3n) is 2.86. The topological polar surface area (TPSA) is 20.2 Å². The van der Waals surface area contributed by atoms with Gasteiger partial charge in [-0.3, -0.25) is 0 Å². The van der Waals surface area contributed by atoms with Gasteiger partial charge in [0.25, 0.3) is 0 Å². The molecule has 0 aromatic carbocycles. The molecule has 0 aliphatic carbocycles. The highest BCUT2D eigenvalue weighted by Crippen LogP contribution is 2.21. The van der Waals surface area contributed by atoms with Crippen LogP contribution in [-0.2, 0) is 0 Å². The largest absolute Gasteiger partial charge is 0.389 e. The van der Waals surface area contributed by atoms with Crippen molar-refractivity contribution in [2.24, 2.45) is 0 Å². The molecule has 1 atom stereocenters. The van der Waals surface area contributed by atoms with E-state index in [4.69, 9.17) is 0 Å². The molecule has 0 aliphatic heterocycles. The van der Waals surface area contributed by atoms with Crippen LogP contribution in [0.4, 0.5) is 0 Å². The molecule has 0 fully saturated rings. The van der Waals surface area contributed by atoms with Crippen molar-refractivity contribution in [3.8, 4) is 0 Å². The van der Waals surface area contributed by atoms with E-state index in [-0.39, 0.29) is 6.10 Å². The molecule has 0 saturated heterocycles. The molecule has 0 bridgehead atoms. The molecular weight excluding hydrogens is 212 g/mol. The van der Waals surface area contributed by atoms with Crippen LogP contribution in [-0.4, -0.2) is 19.3 Å². The molecule has 1 nitrogen and oxygen atoms in total. The zero-order valence-electron chi connectivity index (χ0n) is 11.4. The molecule has 0 aromatic rings. The fourth-order valence-electron chi connectivity index (χ4n) is 1.67. The fourth-order valence-corrected chi connectivity index (χ4v) is 3.25. The highest BCUT2D eigenvalue weighted by atomic mass is 28.3. The van der Waals surface area contributed by atoms with E-state index in [1.54, 1.807) is 6.08 Å². The molecule has 1 N–H and O–H groups in total. The minimum atomic E-state index is -1.27. The lowest BCUT2D eigenvalue weighted by molar-refractivity contribution is 0.225. The molecule has 0 amide bonds. The van der Waals surface area contributed by atoms with E-state index < -0.39 is 8.07 Å². The molecule has 0 saturated carbocycles. The standard InChI is InChI=1S/C14H28OSi/c1-6-8-9-10-11-14(16(3,4)5)12-13(15)7-2/h7,11,13,15H,2,6,8-10,12H2,1,3-5H3/b14-11-. The van der Waals surface area contributed by atoms with E-state index in [0.717, 1.165) is 12.8 Å². The van der Waals surface area contributed by atoms with E-state index in [1.807, 2.05) is 0 Å². The molecule has 94 valence electrons. The number of aliphatic hydroxyl groups is 1. The Morgan fingerprint density at radius 3 is 2.38 bits per heavy atom. The molecule has 16 heavy (non-hydrogen) atoms. The van der Waals surface area contributed by atoms with Crippen LogP contribution in [0.2, 0.25) is 19.6 Å². The SMILES string of the molecule is C=CC(O)C/C(=C/CCCCC)[Si](C)(C)C. The van der Waals surface area contributed by atoms with Crippen LogP contribution >= 0.6 is 0 Å². The van der Waals surface area contributed by atoms with Crippen LogP contribution in [0.5, 0.6) is 0 Å². The molecule has 0 rings (SSSR count). The molecule has 0 spiro atoms. The van der Waals surface area contributed by atoms with Crippen molar-refractivity contribution in [2.75, 3.05) is 0 Å². The van der Waals surface area contributed by atoms with Crippen molar-refractivity contribution in [3.05, 3.63) is 23.9 Å². The lowest BCUT2D eigenvalue weighted by Gasteiger charge is -2.22. The van der Waals surface area contributed by atoms with Gasteiger partial charge in [-0.25, -0.2) is 0 Å². The zero-order valence-corrected chi connectivity index (χ0v) is 12.4. The Balaban J connectivity index is 4.37. The first-order valence-corrected chi connectivity index (χ1v) is 9.92. The van der Waals surface area contributed by atoms with Gasteiger partial charge in [-0.1, -0.05) is 56.8 Å². The quantitative estimate of drug-likeness (QED) is 0.381. The van der Waals surface area contributed by atoms with Crippen molar-refractivity contribution in [2.45, 2.75) is 64.8 Å². The number of hydrogen-bond acceptors (Lipinski definition) is 1. The summed E-state index contributed by atoms with van der Waals surface area (Å²) >= 11 is 0. The third-order valence-corrected chi connectivity index (χ3v) is 5.20. The van der Waals surface area contributed by atoms with Gasteiger partial charge in [-0.05, 0) is 19.3 Å². The summed E-state index contributed by atoms with van der Waals surface area (Å²) < 4.78 is 0. The fraction of sp³-hybridized carbons (Fsp3) is 0.714. The molecular formula is C14H28OSi. The summed E-state index contributed by atoms with van der Waals surface area (Å²) in [5.41, 5.74) is 0. The first-order valence-electron chi connectivity index (χ1n) is 6.42. The summed E-state index contributed by atoms with van der Waals surface area (Å²) in [6.45, 7) is 12.9. The third kappa shape index (κ3) is 7.02. The van der Waals surface area contributed by atoms with Crippen LogP contribution in [0.25, 0.3) is 0 Å².